The molecule has 0 saturated carbocycles. The predicted molar refractivity (Wildman–Crippen MR) is 113 cm³/mol. The lowest BCUT2D eigenvalue weighted by atomic mass is 10.0. The van der Waals surface area contributed by atoms with Crippen molar-refractivity contribution in [3.05, 3.63) is 52.3 Å². The van der Waals surface area contributed by atoms with Crippen molar-refractivity contribution < 1.29 is 19.2 Å². The van der Waals surface area contributed by atoms with Crippen molar-refractivity contribution in [2.45, 2.75) is 51.7 Å². The van der Waals surface area contributed by atoms with E-state index in [-0.39, 0.29) is 23.3 Å². The lowest BCUT2D eigenvalue weighted by molar-refractivity contribution is -0.384. The second-order valence-electron chi connectivity index (χ2n) is 8.45. The fraction of sp³-hybridized carbons (Fsp3) is 0.476. The monoisotopic (exact) mass is 429 g/mol. The number of nitrogens with zero attached hydrogens (tertiary/aromatic N) is 4. The second-order valence-corrected chi connectivity index (χ2v) is 8.45. The number of aromatic nitrogens is 2. The second kappa shape index (κ2) is 9.15. The molecule has 0 aliphatic carbocycles. The van der Waals surface area contributed by atoms with Gasteiger partial charge in [-0.3, -0.25) is 14.9 Å². The van der Waals surface area contributed by atoms with E-state index in [2.05, 4.69) is 10.4 Å². The van der Waals surface area contributed by atoms with Crippen molar-refractivity contribution in [3.63, 3.8) is 0 Å². The third-order valence-electron chi connectivity index (χ3n) is 4.90. The highest BCUT2D eigenvalue weighted by Crippen LogP contribution is 2.20. The molecular formula is C21H27N5O5. The number of rotatable bonds is 5. The highest BCUT2D eigenvalue weighted by Gasteiger charge is 2.29. The van der Waals surface area contributed by atoms with Gasteiger partial charge in [0.15, 0.2) is 5.69 Å². The number of alkyl carbamates (subject to hydrolysis) is 1. The van der Waals surface area contributed by atoms with E-state index in [4.69, 9.17) is 4.74 Å². The van der Waals surface area contributed by atoms with Gasteiger partial charge in [-0.2, -0.15) is 5.10 Å². The van der Waals surface area contributed by atoms with Crippen LogP contribution in [0.15, 0.2) is 36.5 Å². The maximum Gasteiger partial charge on any atom is 0.407 e. The summed E-state index contributed by atoms with van der Waals surface area (Å²) >= 11 is 0. The summed E-state index contributed by atoms with van der Waals surface area (Å²) < 4.78 is 6.78. The van der Waals surface area contributed by atoms with Gasteiger partial charge < -0.3 is 15.0 Å². The number of piperidine rings is 1. The average molecular weight is 429 g/mol. The Bertz CT molecular complexity index is 948. The molecule has 10 heteroatoms. The van der Waals surface area contributed by atoms with Crippen molar-refractivity contribution in [1.82, 2.24) is 20.0 Å². The number of carbonyl (C=O) groups is 2. The van der Waals surface area contributed by atoms with Gasteiger partial charge in [-0.05, 0) is 58.2 Å². The maximum absolute atomic E-state index is 13.1. The van der Waals surface area contributed by atoms with E-state index in [1.54, 1.807) is 50.1 Å². The summed E-state index contributed by atoms with van der Waals surface area (Å²) in [5, 5.41) is 17.9. The summed E-state index contributed by atoms with van der Waals surface area (Å²) in [6, 6.07) is 7.42. The van der Waals surface area contributed by atoms with Crippen molar-refractivity contribution >= 4 is 17.7 Å². The number of nitrogens with one attached hydrogen (secondary N) is 1. The Hall–Kier alpha value is -3.43. The number of nitro groups is 1. The molecule has 1 fully saturated rings. The van der Waals surface area contributed by atoms with Gasteiger partial charge >= 0.3 is 6.09 Å². The van der Waals surface area contributed by atoms with Crippen molar-refractivity contribution in [2.75, 3.05) is 13.1 Å². The van der Waals surface area contributed by atoms with Crippen molar-refractivity contribution in [2.24, 2.45) is 0 Å². The molecule has 0 radical (unpaired) electrons. The summed E-state index contributed by atoms with van der Waals surface area (Å²) in [5.74, 6) is -0.212. The van der Waals surface area contributed by atoms with Crippen LogP contribution in [0.5, 0.6) is 0 Å². The normalized spacial score (nSPS) is 16.6. The Balaban J connectivity index is 1.67. The molecule has 1 aliphatic rings. The van der Waals surface area contributed by atoms with Gasteiger partial charge in [-0.25, -0.2) is 9.48 Å². The number of nitro benzene ring substituents is 1. The van der Waals surface area contributed by atoms with Gasteiger partial charge in [-0.15, -0.1) is 0 Å². The SMILES string of the molecule is CC(C)(C)OC(=O)NCC1CCCCN1C(=O)c1ccn(-c2ccc([N+](=O)[O-])cc2)n1. The van der Waals surface area contributed by atoms with E-state index in [1.807, 2.05) is 0 Å². The molecule has 1 N–H and O–H groups in total. The van der Waals surface area contributed by atoms with Gasteiger partial charge in [0.1, 0.15) is 5.60 Å². The maximum atomic E-state index is 13.1. The number of hydrogen-bond donors (Lipinski definition) is 1. The summed E-state index contributed by atoms with van der Waals surface area (Å²) in [7, 11) is 0. The molecule has 1 aliphatic heterocycles. The number of non-ortho nitro benzene ring substituents is 1. The Kier molecular flexibility index (Phi) is 6.57. The van der Waals surface area contributed by atoms with Gasteiger partial charge in [0.2, 0.25) is 0 Å². The fourth-order valence-corrected chi connectivity index (χ4v) is 3.45. The first-order valence-electron chi connectivity index (χ1n) is 10.2. The van der Waals surface area contributed by atoms with E-state index in [9.17, 15) is 19.7 Å². The topological polar surface area (TPSA) is 120 Å². The molecule has 2 heterocycles. The van der Waals surface area contributed by atoms with Crippen LogP contribution in [-0.4, -0.2) is 56.3 Å². The minimum absolute atomic E-state index is 0.0131. The van der Waals surface area contributed by atoms with E-state index in [0.29, 0.717) is 18.8 Å². The van der Waals surface area contributed by atoms with Crippen LogP contribution in [-0.2, 0) is 4.74 Å². The van der Waals surface area contributed by atoms with Crippen molar-refractivity contribution in [3.8, 4) is 5.69 Å². The molecular weight excluding hydrogens is 402 g/mol. The largest absolute Gasteiger partial charge is 0.444 e. The van der Waals surface area contributed by atoms with Crippen molar-refractivity contribution in [1.29, 1.82) is 0 Å². The minimum atomic E-state index is -0.586. The predicted octanol–water partition coefficient (Wildman–Crippen LogP) is 3.30. The zero-order valence-electron chi connectivity index (χ0n) is 17.9. The van der Waals surface area contributed by atoms with Gasteiger partial charge in [0, 0.05) is 37.5 Å². The minimum Gasteiger partial charge on any atom is -0.444 e. The lowest BCUT2D eigenvalue weighted by Crippen LogP contribution is -2.50. The molecule has 2 aromatic rings. The molecule has 10 nitrogen and oxygen atoms in total. The lowest BCUT2D eigenvalue weighted by Gasteiger charge is -2.35. The summed E-state index contributed by atoms with van der Waals surface area (Å²) in [4.78, 5) is 37.1. The van der Waals surface area contributed by atoms with Crippen LogP contribution in [0.1, 0.15) is 50.5 Å². The Labute approximate surface area is 180 Å². The molecule has 1 aromatic heterocycles. The number of ether oxygens (including phenoxy) is 1. The Morgan fingerprint density at radius 2 is 1.94 bits per heavy atom. The van der Waals surface area contributed by atoms with E-state index in [0.717, 1.165) is 19.3 Å². The van der Waals surface area contributed by atoms with Crippen LogP contribution in [0.25, 0.3) is 5.69 Å². The number of carbonyl (C=O) groups excluding carboxylic acids is 2. The standard InChI is InChI=1S/C21H27N5O5/c1-21(2,3)31-20(28)22-14-17-6-4-5-12-24(17)19(27)18-11-13-25(23-18)15-7-9-16(10-8-15)26(29)30/h7-11,13,17H,4-6,12,14H2,1-3H3,(H,22,28). The molecule has 1 atom stereocenters. The molecule has 0 bridgehead atoms. The van der Waals surface area contributed by atoms with Crippen LogP contribution >= 0.6 is 0 Å². The van der Waals surface area contributed by atoms with Gasteiger partial charge in [0.05, 0.1) is 10.6 Å². The average Bonchev–Trinajstić information content (AvgIpc) is 3.21. The highest BCUT2D eigenvalue weighted by atomic mass is 16.6. The zero-order valence-corrected chi connectivity index (χ0v) is 17.9. The summed E-state index contributed by atoms with van der Waals surface area (Å²) in [6.07, 6.45) is 3.78. The quantitative estimate of drug-likeness (QED) is 0.575. The molecule has 0 spiro atoms. The van der Waals surface area contributed by atoms with E-state index < -0.39 is 16.6 Å². The molecule has 1 saturated heterocycles. The Morgan fingerprint density at radius 1 is 1.23 bits per heavy atom. The molecule has 166 valence electrons. The van der Waals surface area contributed by atoms with Gasteiger partial charge in [-0.1, -0.05) is 0 Å². The number of hydrogen-bond acceptors (Lipinski definition) is 6. The van der Waals surface area contributed by atoms with Gasteiger partial charge in [0.25, 0.3) is 11.6 Å². The molecule has 1 aromatic carbocycles. The van der Waals surface area contributed by atoms with Crippen LogP contribution < -0.4 is 5.32 Å². The first kappa shape index (κ1) is 22.3. The highest BCUT2D eigenvalue weighted by molar-refractivity contribution is 5.92. The zero-order chi connectivity index (χ0) is 22.6. The third kappa shape index (κ3) is 5.80. The van der Waals surface area contributed by atoms with Crippen LogP contribution in [0.2, 0.25) is 0 Å². The van der Waals surface area contributed by atoms with Crippen LogP contribution in [0, 0.1) is 10.1 Å². The third-order valence-corrected chi connectivity index (χ3v) is 4.90. The van der Waals surface area contributed by atoms with Crippen LogP contribution in [0.4, 0.5) is 10.5 Å². The molecule has 31 heavy (non-hydrogen) atoms. The van der Waals surface area contributed by atoms with Crippen LogP contribution in [0.3, 0.4) is 0 Å². The fourth-order valence-electron chi connectivity index (χ4n) is 3.45. The first-order chi connectivity index (χ1) is 14.6. The number of benzene rings is 1. The number of likely N-dealkylation sites (tertiary alicyclic amines) is 1. The van der Waals surface area contributed by atoms with E-state index >= 15 is 0 Å². The first-order valence-corrected chi connectivity index (χ1v) is 10.2. The smallest absolute Gasteiger partial charge is 0.407 e. The number of amides is 2. The molecule has 2 amide bonds. The molecule has 3 rings (SSSR count). The summed E-state index contributed by atoms with van der Waals surface area (Å²) in [6.45, 7) is 6.28. The van der Waals surface area contributed by atoms with E-state index in [1.165, 1.54) is 16.8 Å². The Morgan fingerprint density at radius 3 is 2.58 bits per heavy atom. The molecule has 1 unspecified atom stereocenters. The summed E-state index contributed by atoms with van der Waals surface area (Å²) in [5.41, 5.74) is 0.298.